The van der Waals surface area contributed by atoms with Crippen molar-refractivity contribution in [2.45, 2.75) is 20.8 Å². The minimum absolute atomic E-state index is 0.0495. The van der Waals surface area contributed by atoms with Gasteiger partial charge in [0.2, 0.25) is 5.91 Å². The molecule has 116 valence electrons. The number of likely N-dealkylation sites (N-methyl/N-ethyl adjacent to an activating group) is 2. The lowest BCUT2D eigenvalue weighted by Crippen LogP contribution is -2.37. The zero-order valence-electron chi connectivity index (χ0n) is 12.9. The van der Waals surface area contributed by atoms with E-state index in [-0.39, 0.29) is 18.4 Å². The van der Waals surface area contributed by atoms with Gasteiger partial charge in [0.1, 0.15) is 0 Å². The number of hydrogen-bond acceptors (Lipinski definition) is 4. The molecule has 0 heterocycles. The Morgan fingerprint density at radius 2 is 1.81 bits per heavy atom. The van der Waals surface area contributed by atoms with Gasteiger partial charge in [-0.25, -0.2) is 0 Å². The summed E-state index contributed by atoms with van der Waals surface area (Å²) in [5.74, 6) is -0.200. The summed E-state index contributed by atoms with van der Waals surface area (Å²) in [6, 6.07) is 5.14. The summed E-state index contributed by atoms with van der Waals surface area (Å²) < 4.78 is 0. The number of nitrogen functional groups attached to an aromatic ring is 1. The first-order valence-corrected chi connectivity index (χ1v) is 7.22. The molecule has 0 fully saturated rings. The molecule has 0 spiro atoms. The van der Waals surface area contributed by atoms with E-state index in [1.807, 2.05) is 25.7 Å². The van der Waals surface area contributed by atoms with Crippen LogP contribution < -0.4 is 21.3 Å². The molecule has 0 atom stereocenters. The van der Waals surface area contributed by atoms with Crippen LogP contribution in [0.4, 0.5) is 11.4 Å². The summed E-state index contributed by atoms with van der Waals surface area (Å²) in [7, 11) is 0. The number of nitrogens with zero attached hydrogens (tertiary/aromatic N) is 1. The predicted molar refractivity (Wildman–Crippen MR) is 85.4 cm³/mol. The first-order chi connectivity index (χ1) is 10.0. The van der Waals surface area contributed by atoms with Crippen LogP contribution in [0.1, 0.15) is 31.1 Å². The van der Waals surface area contributed by atoms with Crippen LogP contribution in [-0.2, 0) is 4.79 Å². The average Bonchev–Trinajstić information content (AvgIpc) is 2.45. The summed E-state index contributed by atoms with van der Waals surface area (Å²) in [5, 5.41) is 5.49. The molecule has 0 radical (unpaired) electrons. The second-order valence-electron chi connectivity index (χ2n) is 4.60. The Balaban J connectivity index is 2.91. The maximum absolute atomic E-state index is 11.8. The van der Waals surface area contributed by atoms with Crippen molar-refractivity contribution in [1.82, 2.24) is 10.6 Å². The van der Waals surface area contributed by atoms with Gasteiger partial charge < -0.3 is 21.3 Å². The molecule has 1 aromatic rings. The summed E-state index contributed by atoms with van der Waals surface area (Å²) in [4.78, 5) is 25.3. The van der Waals surface area contributed by atoms with Gasteiger partial charge in [0.25, 0.3) is 5.91 Å². The summed E-state index contributed by atoms with van der Waals surface area (Å²) in [6.45, 7) is 7.76. The number of anilines is 2. The third-order valence-corrected chi connectivity index (χ3v) is 3.06. The molecule has 0 aliphatic carbocycles. The average molecular weight is 292 g/mol. The molecule has 21 heavy (non-hydrogen) atoms. The van der Waals surface area contributed by atoms with E-state index in [4.69, 9.17) is 5.73 Å². The van der Waals surface area contributed by atoms with Crippen LogP contribution in [0.15, 0.2) is 18.2 Å². The van der Waals surface area contributed by atoms with E-state index >= 15 is 0 Å². The number of hydrogen-bond donors (Lipinski definition) is 3. The minimum atomic E-state index is -0.150. The summed E-state index contributed by atoms with van der Waals surface area (Å²) in [6.07, 6.45) is 0. The van der Waals surface area contributed by atoms with Gasteiger partial charge in [0.15, 0.2) is 0 Å². The van der Waals surface area contributed by atoms with Crippen molar-refractivity contribution in [3.63, 3.8) is 0 Å². The highest BCUT2D eigenvalue weighted by Gasteiger charge is 2.14. The Morgan fingerprint density at radius 1 is 1.14 bits per heavy atom. The van der Waals surface area contributed by atoms with E-state index in [2.05, 4.69) is 10.6 Å². The highest BCUT2D eigenvalue weighted by atomic mass is 16.2. The van der Waals surface area contributed by atoms with Crippen molar-refractivity contribution < 1.29 is 9.59 Å². The van der Waals surface area contributed by atoms with Crippen LogP contribution in [0.25, 0.3) is 0 Å². The molecule has 6 nitrogen and oxygen atoms in total. The number of rotatable bonds is 7. The molecule has 2 amide bonds. The topological polar surface area (TPSA) is 87.5 Å². The van der Waals surface area contributed by atoms with Gasteiger partial charge in [0.05, 0.1) is 17.9 Å². The quantitative estimate of drug-likeness (QED) is 0.654. The van der Waals surface area contributed by atoms with Gasteiger partial charge in [-0.05, 0) is 39.0 Å². The van der Waals surface area contributed by atoms with Crippen LogP contribution >= 0.6 is 0 Å². The standard InChI is InChI=1S/C15H24N4O2/c1-4-17-14(20)10-19(6-3)13-8-7-11(9-12(13)16)15(21)18-5-2/h7-9H,4-6,10,16H2,1-3H3,(H,17,20)(H,18,21). The molecule has 0 aliphatic heterocycles. The number of nitrogens with two attached hydrogens (primary N) is 1. The highest BCUT2D eigenvalue weighted by molar-refractivity contribution is 5.96. The van der Waals surface area contributed by atoms with E-state index in [0.717, 1.165) is 5.69 Å². The van der Waals surface area contributed by atoms with Crippen molar-refractivity contribution in [2.24, 2.45) is 0 Å². The first-order valence-electron chi connectivity index (χ1n) is 7.22. The van der Waals surface area contributed by atoms with Gasteiger partial charge in [-0.1, -0.05) is 0 Å². The second-order valence-corrected chi connectivity index (χ2v) is 4.60. The Hall–Kier alpha value is -2.24. The third kappa shape index (κ3) is 4.66. The summed E-state index contributed by atoms with van der Waals surface area (Å²) in [5.41, 5.74) is 7.80. The largest absolute Gasteiger partial charge is 0.397 e. The molecule has 6 heteroatoms. The maximum atomic E-state index is 11.8. The molecule has 0 saturated heterocycles. The number of benzene rings is 1. The zero-order valence-corrected chi connectivity index (χ0v) is 12.9. The van der Waals surface area contributed by atoms with Gasteiger partial charge in [-0.15, -0.1) is 0 Å². The smallest absolute Gasteiger partial charge is 0.251 e. The molecule has 0 unspecified atom stereocenters. The third-order valence-electron chi connectivity index (χ3n) is 3.06. The fraction of sp³-hybridized carbons (Fsp3) is 0.467. The van der Waals surface area contributed by atoms with Gasteiger partial charge >= 0.3 is 0 Å². The monoisotopic (exact) mass is 292 g/mol. The normalized spacial score (nSPS) is 10.0. The van der Waals surface area contributed by atoms with E-state index < -0.39 is 0 Å². The summed E-state index contributed by atoms with van der Waals surface area (Å²) >= 11 is 0. The fourth-order valence-corrected chi connectivity index (χ4v) is 2.04. The Labute approximate surface area is 125 Å². The van der Waals surface area contributed by atoms with Crippen LogP contribution in [0, 0.1) is 0 Å². The van der Waals surface area contributed by atoms with Gasteiger partial charge in [0, 0.05) is 25.2 Å². The molecule has 0 aromatic heterocycles. The van der Waals surface area contributed by atoms with Crippen LogP contribution in [0.3, 0.4) is 0 Å². The molecule has 0 aliphatic rings. The molecule has 0 saturated carbocycles. The zero-order chi connectivity index (χ0) is 15.8. The van der Waals surface area contributed by atoms with Gasteiger partial charge in [-0.2, -0.15) is 0 Å². The van der Waals surface area contributed by atoms with E-state index in [0.29, 0.717) is 30.9 Å². The highest BCUT2D eigenvalue weighted by Crippen LogP contribution is 2.24. The fourth-order valence-electron chi connectivity index (χ4n) is 2.04. The lowest BCUT2D eigenvalue weighted by atomic mass is 10.1. The maximum Gasteiger partial charge on any atom is 0.251 e. The van der Waals surface area contributed by atoms with Crippen LogP contribution in [0.5, 0.6) is 0 Å². The Bertz CT molecular complexity index is 502. The second kappa shape index (κ2) is 8.14. The van der Waals surface area contributed by atoms with Crippen molar-refractivity contribution in [3.05, 3.63) is 23.8 Å². The SMILES string of the molecule is CCNC(=O)CN(CC)c1ccc(C(=O)NCC)cc1N. The Kier molecular flexibility index (Phi) is 6.52. The molecular formula is C15H24N4O2. The lowest BCUT2D eigenvalue weighted by Gasteiger charge is -2.24. The van der Waals surface area contributed by atoms with Crippen molar-refractivity contribution >= 4 is 23.2 Å². The Morgan fingerprint density at radius 3 is 2.33 bits per heavy atom. The van der Waals surface area contributed by atoms with Crippen molar-refractivity contribution in [3.8, 4) is 0 Å². The van der Waals surface area contributed by atoms with Crippen molar-refractivity contribution in [2.75, 3.05) is 36.8 Å². The number of nitrogens with one attached hydrogen (secondary N) is 2. The molecular weight excluding hydrogens is 268 g/mol. The van der Waals surface area contributed by atoms with E-state index in [1.54, 1.807) is 18.2 Å². The molecule has 4 N–H and O–H groups in total. The van der Waals surface area contributed by atoms with Crippen LogP contribution in [0.2, 0.25) is 0 Å². The number of amides is 2. The van der Waals surface area contributed by atoms with E-state index in [1.165, 1.54) is 0 Å². The molecule has 1 aromatic carbocycles. The molecule has 0 bridgehead atoms. The first kappa shape index (κ1) is 16.8. The lowest BCUT2D eigenvalue weighted by molar-refractivity contribution is -0.119. The van der Waals surface area contributed by atoms with E-state index in [9.17, 15) is 9.59 Å². The number of carbonyl (C=O) groups is 2. The van der Waals surface area contributed by atoms with Crippen LogP contribution in [-0.4, -0.2) is 38.0 Å². The minimum Gasteiger partial charge on any atom is -0.397 e. The van der Waals surface area contributed by atoms with Crippen molar-refractivity contribution in [1.29, 1.82) is 0 Å². The van der Waals surface area contributed by atoms with Gasteiger partial charge in [-0.3, -0.25) is 9.59 Å². The number of carbonyl (C=O) groups excluding carboxylic acids is 2. The predicted octanol–water partition coefficient (Wildman–Crippen LogP) is 0.981. The molecule has 1 rings (SSSR count).